The van der Waals surface area contributed by atoms with E-state index in [-0.39, 0.29) is 18.4 Å². The molecule has 7 nitrogen and oxygen atoms in total. The molecule has 3 heterocycles. The van der Waals surface area contributed by atoms with Crippen molar-refractivity contribution in [3.8, 4) is 0 Å². The van der Waals surface area contributed by atoms with Crippen LogP contribution in [0.2, 0.25) is 0 Å². The van der Waals surface area contributed by atoms with Gasteiger partial charge in [-0.15, -0.1) is 11.3 Å². The van der Waals surface area contributed by atoms with E-state index < -0.39 is 10.0 Å². The molecule has 0 spiro atoms. The Balaban J connectivity index is 1.21. The van der Waals surface area contributed by atoms with E-state index >= 15 is 0 Å². The molecule has 1 aromatic carbocycles. The van der Waals surface area contributed by atoms with Gasteiger partial charge in [-0.1, -0.05) is 24.3 Å². The highest BCUT2D eigenvalue weighted by molar-refractivity contribution is 7.91. The molecule has 2 aliphatic rings. The summed E-state index contributed by atoms with van der Waals surface area (Å²) >= 11 is 1.22. The average Bonchev–Trinajstić information content (AvgIpc) is 3.36. The molecular weight excluding hydrogens is 432 g/mol. The van der Waals surface area contributed by atoms with Crippen LogP contribution in [0.3, 0.4) is 0 Å². The molecule has 2 fully saturated rings. The number of hydrogen-bond acceptors (Lipinski definition) is 6. The number of sulfonamides is 1. The van der Waals surface area contributed by atoms with Crippen LogP contribution in [0.4, 0.5) is 5.69 Å². The molecule has 1 N–H and O–H groups in total. The highest BCUT2D eigenvalue weighted by atomic mass is 32.2. The van der Waals surface area contributed by atoms with Gasteiger partial charge in [0.15, 0.2) is 0 Å². The van der Waals surface area contributed by atoms with E-state index in [1.807, 2.05) is 6.07 Å². The lowest BCUT2D eigenvalue weighted by atomic mass is 9.99. The van der Waals surface area contributed by atoms with Crippen molar-refractivity contribution in [3.63, 3.8) is 0 Å². The first-order valence-corrected chi connectivity index (χ1v) is 13.2. The standard InChI is InChI=1S/C22H30N4O3S2/c27-22(19-6-4-11-26(18-19)31(28,29)21-9-5-17-30-21)23-10-12-24-13-15-25(16-14-24)20-7-2-1-3-8-20/h1-3,5,7-9,17,19H,4,6,10-16,18H2,(H,23,27). The Bertz CT molecular complexity index is 942. The summed E-state index contributed by atoms with van der Waals surface area (Å²) < 4.78 is 27.3. The molecule has 0 radical (unpaired) electrons. The van der Waals surface area contributed by atoms with Gasteiger partial charge >= 0.3 is 0 Å². The highest BCUT2D eigenvalue weighted by Crippen LogP contribution is 2.26. The molecule has 1 amide bonds. The molecule has 168 valence electrons. The Morgan fingerprint density at radius 3 is 2.52 bits per heavy atom. The van der Waals surface area contributed by atoms with Crippen molar-refractivity contribution in [3.05, 3.63) is 47.8 Å². The number of thiophene rings is 1. The van der Waals surface area contributed by atoms with E-state index in [4.69, 9.17) is 0 Å². The molecule has 0 saturated carbocycles. The van der Waals surface area contributed by atoms with E-state index in [0.717, 1.165) is 39.1 Å². The number of amides is 1. The van der Waals surface area contributed by atoms with Crippen molar-refractivity contribution < 1.29 is 13.2 Å². The van der Waals surface area contributed by atoms with Gasteiger partial charge in [0.1, 0.15) is 4.21 Å². The summed E-state index contributed by atoms with van der Waals surface area (Å²) in [5.41, 5.74) is 1.26. The van der Waals surface area contributed by atoms with E-state index in [9.17, 15) is 13.2 Å². The Labute approximate surface area is 188 Å². The molecule has 4 rings (SSSR count). The van der Waals surface area contributed by atoms with Crippen LogP contribution in [0.1, 0.15) is 12.8 Å². The maximum atomic E-state index is 12.8. The van der Waals surface area contributed by atoms with Crippen molar-refractivity contribution in [2.75, 3.05) is 57.3 Å². The van der Waals surface area contributed by atoms with Gasteiger partial charge in [0.2, 0.25) is 5.91 Å². The van der Waals surface area contributed by atoms with Crippen molar-refractivity contribution in [1.82, 2.24) is 14.5 Å². The minimum atomic E-state index is -3.49. The molecule has 9 heteroatoms. The number of anilines is 1. The quantitative estimate of drug-likeness (QED) is 0.682. The van der Waals surface area contributed by atoms with E-state index in [1.54, 1.807) is 17.5 Å². The molecule has 1 aromatic heterocycles. The zero-order valence-electron chi connectivity index (χ0n) is 17.7. The number of nitrogens with zero attached hydrogens (tertiary/aromatic N) is 3. The molecule has 2 aliphatic heterocycles. The van der Waals surface area contributed by atoms with Crippen LogP contribution in [-0.2, 0) is 14.8 Å². The van der Waals surface area contributed by atoms with Gasteiger partial charge in [-0.3, -0.25) is 9.69 Å². The number of para-hydroxylation sites is 1. The lowest BCUT2D eigenvalue weighted by Crippen LogP contribution is -2.49. The fourth-order valence-electron chi connectivity index (χ4n) is 4.26. The molecule has 2 aromatic rings. The van der Waals surface area contributed by atoms with Crippen LogP contribution in [0.5, 0.6) is 0 Å². The second-order valence-electron chi connectivity index (χ2n) is 8.09. The largest absolute Gasteiger partial charge is 0.369 e. The number of piperazine rings is 1. The number of carbonyl (C=O) groups excluding carboxylic acids is 1. The topological polar surface area (TPSA) is 73.0 Å². The van der Waals surface area contributed by atoms with Crippen LogP contribution in [0, 0.1) is 5.92 Å². The van der Waals surface area contributed by atoms with Crippen LogP contribution in [0.25, 0.3) is 0 Å². The minimum Gasteiger partial charge on any atom is -0.369 e. The minimum absolute atomic E-state index is 0.0333. The number of hydrogen-bond donors (Lipinski definition) is 1. The third-order valence-corrected chi connectivity index (χ3v) is 9.30. The second kappa shape index (κ2) is 10.1. The number of piperidine rings is 1. The maximum Gasteiger partial charge on any atom is 0.252 e. The number of carbonyl (C=O) groups is 1. The SMILES string of the molecule is O=C(NCCN1CCN(c2ccccc2)CC1)C1CCCN(S(=O)(=O)c2cccs2)C1. The lowest BCUT2D eigenvalue weighted by molar-refractivity contribution is -0.126. The fourth-order valence-corrected chi connectivity index (χ4v) is 6.93. The third-order valence-electron chi connectivity index (χ3n) is 6.07. The van der Waals surface area contributed by atoms with Gasteiger partial charge in [0.05, 0.1) is 5.92 Å². The smallest absolute Gasteiger partial charge is 0.252 e. The monoisotopic (exact) mass is 462 g/mol. The van der Waals surface area contributed by atoms with Crippen molar-refractivity contribution >= 4 is 33.0 Å². The van der Waals surface area contributed by atoms with Gasteiger partial charge in [0, 0.05) is 58.0 Å². The molecule has 31 heavy (non-hydrogen) atoms. The highest BCUT2D eigenvalue weighted by Gasteiger charge is 2.33. The zero-order chi connectivity index (χ0) is 21.7. The first-order chi connectivity index (χ1) is 15.0. The average molecular weight is 463 g/mol. The zero-order valence-corrected chi connectivity index (χ0v) is 19.3. The van der Waals surface area contributed by atoms with Crippen molar-refractivity contribution in [2.24, 2.45) is 5.92 Å². The Morgan fingerprint density at radius 2 is 1.81 bits per heavy atom. The van der Waals surface area contributed by atoms with Crippen LogP contribution >= 0.6 is 11.3 Å². The maximum absolute atomic E-state index is 12.8. The molecule has 1 atom stereocenters. The summed E-state index contributed by atoms with van der Waals surface area (Å²) in [6.07, 6.45) is 1.45. The van der Waals surface area contributed by atoms with Gasteiger partial charge in [-0.25, -0.2) is 8.42 Å². The van der Waals surface area contributed by atoms with Gasteiger partial charge in [0.25, 0.3) is 10.0 Å². The predicted molar refractivity (Wildman–Crippen MR) is 124 cm³/mol. The third kappa shape index (κ3) is 5.46. The normalized spacial score (nSPS) is 21.2. The summed E-state index contributed by atoms with van der Waals surface area (Å²) in [6.45, 7) is 6.07. The fraction of sp³-hybridized carbons (Fsp3) is 0.500. The Morgan fingerprint density at radius 1 is 1.03 bits per heavy atom. The van der Waals surface area contributed by atoms with Crippen LogP contribution in [-0.4, -0.2) is 75.9 Å². The van der Waals surface area contributed by atoms with E-state index in [0.29, 0.717) is 23.7 Å². The van der Waals surface area contributed by atoms with Crippen molar-refractivity contribution in [2.45, 2.75) is 17.1 Å². The molecule has 0 bridgehead atoms. The summed E-state index contributed by atoms with van der Waals surface area (Å²) in [7, 11) is -3.49. The summed E-state index contributed by atoms with van der Waals surface area (Å²) in [6, 6.07) is 13.8. The summed E-state index contributed by atoms with van der Waals surface area (Å²) in [4.78, 5) is 17.4. The van der Waals surface area contributed by atoms with Gasteiger partial charge < -0.3 is 10.2 Å². The number of benzene rings is 1. The molecular formula is C22H30N4O3S2. The molecule has 0 aliphatic carbocycles. The second-order valence-corrected chi connectivity index (χ2v) is 11.2. The first kappa shape index (κ1) is 22.3. The van der Waals surface area contributed by atoms with Gasteiger partial charge in [-0.05, 0) is 36.4 Å². The lowest BCUT2D eigenvalue weighted by Gasteiger charge is -2.36. The van der Waals surface area contributed by atoms with Crippen molar-refractivity contribution in [1.29, 1.82) is 0 Å². The molecule has 1 unspecified atom stereocenters. The molecule has 2 saturated heterocycles. The van der Waals surface area contributed by atoms with Gasteiger partial charge in [-0.2, -0.15) is 4.31 Å². The van der Waals surface area contributed by atoms with Crippen LogP contribution in [0.15, 0.2) is 52.1 Å². The Kier molecular flexibility index (Phi) is 7.27. The number of rotatable bonds is 7. The summed E-state index contributed by atoms with van der Waals surface area (Å²) in [5, 5.41) is 4.80. The summed E-state index contributed by atoms with van der Waals surface area (Å²) in [5.74, 6) is -0.313. The first-order valence-electron chi connectivity index (χ1n) is 10.9. The van der Waals surface area contributed by atoms with Crippen LogP contribution < -0.4 is 10.2 Å². The Hall–Kier alpha value is -1.94. The number of nitrogens with one attached hydrogen (secondary N) is 1. The van der Waals surface area contributed by atoms with E-state index in [2.05, 4.69) is 39.4 Å². The van der Waals surface area contributed by atoms with E-state index in [1.165, 1.54) is 21.3 Å². The predicted octanol–water partition coefficient (Wildman–Crippen LogP) is 2.09.